The first kappa shape index (κ1) is 15.1. The van der Waals surface area contributed by atoms with Crippen LogP contribution < -0.4 is 5.73 Å². The molecule has 1 unspecified atom stereocenters. The fourth-order valence-electron chi connectivity index (χ4n) is 2.22. The maximum absolute atomic E-state index is 12.7. The van der Waals surface area contributed by atoms with Crippen molar-refractivity contribution in [2.45, 2.75) is 19.0 Å². The fraction of sp³-hybridized carbons (Fsp3) is 0.286. The van der Waals surface area contributed by atoms with E-state index in [1.165, 1.54) is 7.05 Å². The zero-order valence-corrected chi connectivity index (χ0v) is 11.5. The molecule has 0 bridgehead atoms. The largest absolute Gasteiger partial charge is 0.435 e. The van der Waals surface area contributed by atoms with E-state index in [4.69, 9.17) is 5.73 Å². The summed E-state index contributed by atoms with van der Waals surface area (Å²) in [5, 5.41) is 3.42. The zero-order valence-electron chi connectivity index (χ0n) is 11.5. The molecule has 0 aliphatic carbocycles. The number of nitrogens with zero attached hydrogens (tertiary/aromatic N) is 2. The minimum Gasteiger partial charge on any atom is -0.369 e. The van der Waals surface area contributed by atoms with Crippen molar-refractivity contribution in [3.63, 3.8) is 0 Å². The average molecular weight is 297 g/mol. The molecule has 0 saturated heterocycles. The van der Waals surface area contributed by atoms with Crippen molar-refractivity contribution in [3.8, 4) is 0 Å². The first-order valence-corrected chi connectivity index (χ1v) is 6.17. The maximum atomic E-state index is 12.7. The number of amides is 1. The maximum Gasteiger partial charge on any atom is 0.435 e. The number of nitrogens with two attached hydrogens (primary N) is 1. The molecule has 1 aromatic heterocycles. The molecule has 112 valence electrons. The van der Waals surface area contributed by atoms with Crippen molar-refractivity contribution in [2.24, 2.45) is 12.8 Å². The molecule has 0 aliphatic rings. The molecule has 0 spiro atoms. The average Bonchev–Trinajstić information content (AvgIpc) is 2.71. The molecule has 2 aromatic rings. The fourth-order valence-corrected chi connectivity index (χ4v) is 2.22. The van der Waals surface area contributed by atoms with Gasteiger partial charge in [0.15, 0.2) is 5.69 Å². The third-order valence-electron chi connectivity index (χ3n) is 3.16. The lowest BCUT2D eigenvalue weighted by Gasteiger charge is -2.14. The number of carbonyl (C=O) groups excluding carboxylic acids is 1. The Labute approximate surface area is 119 Å². The van der Waals surface area contributed by atoms with Crippen LogP contribution in [0.2, 0.25) is 0 Å². The SMILES string of the molecule is Cc1cccc(C(C(N)=O)c2cc(C(F)(F)F)nn2C)c1. The van der Waals surface area contributed by atoms with E-state index in [1.807, 2.05) is 13.0 Å². The predicted molar refractivity (Wildman–Crippen MR) is 70.4 cm³/mol. The Kier molecular flexibility index (Phi) is 3.76. The molecule has 0 fully saturated rings. The molecule has 21 heavy (non-hydrogen) atoms. The smallest absolute Gasteiger partial charge is 0.369 e. The van der Waals surface area contributed by atoms with Gasteiger partial charge in [-0.2, -0.15) is 18.3 Å². The molecule has 7 heteroatoms. The van der Waals surface area contributed by atoms with Gasteiger partial charge in [0.2, 0.25) is 5.91 Å². The lowest BCUT2D eigenvalue weighted by Crippen LogP contribution is -2.24. The van der Waals surface area contributed by atoms with E-state index in [-0.39, 0.29) is 5.69 Å². The van der Waals surface area contributed by atoms with E-state index in [0.29, 0.717) is 5.56 Å². The van der Waals surface area contributed by atoms with E-state index in [1.54, 1.807) is 18.2 Å². The molecular formula is C14H14F3N3O. The molecular weight excluding hydrogens is 283 g/mol. The van der Waals surface area contributed by atoms with Crippen LogP contribution in [0.1, 0.15) is 28.4 Å². The van der Waals surface area contributed by atoms with Crippen molar-refractivity contribution in [1.29, 1.82) is 0 Å². The van der Waals surface area contributed by atoms with Gasteiger partial charge in [0.25, 0.3) is 0 Å². The normalized spacial score (nSPS) is 13.2. The second-order valence-electron chi connectivity index (χ2n) is 4.83. The number of rotatable bonds is 3. The molecule has 1 aromatic carbocycles. The van der Waals surface area contributed by atoms with Crippen LogP contribution in [-0.4, -0.2) is 15.7 Å². The van der Waals surface area contributed by atoms with E-state index >= 15 is 0 Å². The summed E-state index contributed by atoms with van der Waals surface area (Å²) in [5.74, 6) is -1.70. The Bertz CT molecular complexity index is 676. The van der Waals surface area contributed by atoms with Crippen molar-refractivity contribution in [2.75, 3.05) is 0 Å². The Balaban J connectivity index is 2.54. The van der Waals surface area contributed by atoms with Crippen molar-refractivity contribution in [1.82, 2.24) is 9.78 Å². The van der Waals surface area contributed by atoms with Crippen molar-refractivity contribution in [3.05, 3.63) is 52.8 Å². The highest BCUT2D eigenvalue weighted by atomic mass is 19.4. The predicted octanol–water partition coefficient (Wildman–Crippen LogP) is 2.36. The van der Waals surface area contributed by atoms with Gasteiger partial charge in [-0.3, -0.25) is 9.48 Å². The summed E-state index contributed by atoms with van der Waals surface area (Å²) in [7, 11) is 1.36. The van der Waals surface area contributed by atoms with Gasteiger partial charge in [-0.25, -0.2) is 0 Å². The molecule has 2 N–H and O–H groups in total. The van der Waals surface area contributed by atoms with Gasteiger partial charge in [0, 0.05) is 7.05 Å². The summed E-state index contributed by atoms with van der Waals surface area (Å²) in [5.41, 5.74) is 5.87. The molecule has 0 radical (unpaired) electrons. The quantitative estimate of drug-likeness (QED) is 0.945. The molecule has 0 saturated carbocycles. The van der Waals surface area contributed by atoms with E-state index in [9.17, 15) is 18.0 Å². The van der Waals surface area contributed by atoms with Gasteiger partial charge in [-0.1, -0.05) is 29.8 Å². The van der Waals surface area contributed by atoms with Crippen LogP contribution in [-0.2, 0) is 18.0 Å². The van der Waals surface area contributed by atoms with E-state index < -0.39 is 23.7 Å². The Hall–Kier alpha value is -2.31. The monoisotopic (exact) mass is 297 g/mol. The minimum absolute atomic E-state index is 0.112. The molecule has 1 atom stereocenters. The van der Waals surface area contributed by atoms with Gasteiger partial charge < -0.3 is 5.73 Å². The van der Waals surface area contributed by atoms with Gasteiger partial charge >= 0.3 is 6.18 Å². The minimum atomic E-state index is -4.56. The number of hydrogen-bond acceptors (Lipinski definition) is 2. The van der Waals surface area contributed by atoms with Crippen LogP contribution in [0.5, 0.6) is 0 Å². The third kappa shape index (κ3) is 3.07. The second-order valence-corrected chi connectivity index (χ2v) is 4.83. The molecule has 4 nitrogen and oxygen atoms in total. The number of aryl methyl sites for hydroxylation is 2. The van der Waals surface area contributed by atoms with Gasteiger partial charge in [0.1, 0.15) is 5.92 Å². The Morgan fingerprint density at radius 3 is 2.48 bits per heavy atom. The lowest BCUT2D eigenvalue weighted by molar-refractivity contribution is -0.141. The van der Waals surface area contributed by atoms with Crippen molar-refractivity contribution >= 4 is 5.91 Å². The van der Waals surface area contributed by atoms with Crippen molar-refractivity contribution < 1.29 is 18.0 Å². The number of halogens is 3. The van der Waals surface area contributed by atoms with Gasteiger partial charge in [-0.05, 0) is 18.6 Å². The van der Waals surface area contributed by atoms with Gasteiger partial charge in [0.05, 0.1) is 5.69 Å². The van der Waals surface area contributed by atoms with Crippen LogP contribution >= 0.6 is 0 Å². The highest BCUT2D eigenvalue weighted by Gasteiger charge is 2.36. The Morgan fingerprint density at radius 2 is 2.00 bits per heavy atom. The molecule has 1 heterocycles. The van der Waals surface area contributed by atoms with Crippen LogP contribution in [0.3, 0.4) is 0 Å². The summed E-state index contributed by atoms with van der Waals surface area (Å²) < 4.78 is 39.2. The highest BCUT2D eigenvalue weighted by molar-refractivity contribution is 5.85. The van der Waals surface area contributed by atoms with Gasteiger partial charge in [-0.15, -0.1) is 0 Å². The summed E-state index contributed by atoms with van der Waals surface area (Å²) in [6.45, 7) is 1.83. The topological polar surface area (TPSA) is 60.9 Å². The number of aromatic nitrogens is 2. The highest BCUT2D eigenvalue weighted by Crippen LogP contribution is 2.32. The first-order chi connectivity index (χ1) is 9.70. The van der Waals surface area contributed by atoms with Crippen LogP contribution in [0, 0.1) is 6.92 Å². The lowest BCUT2D eigenvalue weighted by atomic mass is 9.93. The zero-order chi connectivity index (χ0) is 15.8. The first-order valence-electron chi connectivity index (χ1n) is 6.17. The summed E-state index contributed by atoms with van der Waals surface area (Å²) >= 11 is 0. The summed E-state index contributed by atoms with van der Waals surface area (Å²) in [4.78, 5) is 11.7. The third-order valence-corrected chi connectivity index (χ3v) is 3.16. The molecule has 0 aliphatic heterocycles. The summed E-state index contributed by atoms with van der Waals surface area (Å²) in [6.07, 6.45) is -4.56. The number of benzene rings is 1. The van der Waals surface area contributed by atoms with E-state index in [0.717, 1.165) is 16.3 Å². The molecule has 2 rings (SSSR count). The Morgan fingerprint density at radius 1 is 1.33 bits per heavy atom. The number of carbonyl (C=O) groups is 1. The molecule has 1 amide bonds. The number of hydrogen-bond donors (Lipinski definition) is 1. The van der Waals surface area contributed by atoms with Crippen LogP contribution in [0.25, 0.3) is 0 Å². The number of alkyl halides is 3. The van der Waals surface area contributed by atoms with Crippen LogP contribution in [0.4, 0.5) is 13.2 Å². The second kappa shape index (κ2) is 5.23. The number of primary amides is 1. The standard InChI is InChI=1S/C14H14F3N3O/c1-8-4-3-5-9(6-8)12(13(18)21)10-7-11(14(15,16)17)19-20(10)2/h3-7,12H,1-2H3,(H2,18,21). The van der Waals surface area contributed by atoms with E-state index in [2.05, 4.69) is 5.10 Å². The summed E-state index contributed by atoms with van der Waals surface area (Å²) in [6, 6.07) is 7.78. The van der Waals surface area contributed by atoms with Crippen LogP contribution in [0.15, 0.2) is 30.3 Å².